The van der Waals surface area contributed by atoms with Gasteiger partial charge in [-0.05, 0) is 61.2 Å². The Morgan fingerprint density at radius 2 is 1.82 bits per heavy atom. The zero-order chi connectivity index (χ0) is 16.5. The molecule has 2 aliphatic carbocycles. The number of hydrogen-bond donors (Lipinski definition) is 1. The first-order chi connectivity index (χ1) is 10.2. The van der Waals surface area contributed by atoms with Gasteiger partial charge in [-0.15, -0.1) is 0 Å². The first kappa shape index (κ1) is 18.0. The Balaban J connectivity index is 1.90. The molecule has 0 bridgehead atoms. The summed E-state index contributed by atoms with van der Waals surface area (Å²) in [6, 6.07) is 0.566. The van der Waals surface area contributed by atoms with E-state index in [1.54, 1.807) is 0 Å². The van der Waals surface area contributed by atoms with Gasteiger partial charge in [0.2, 0.25) is 0 Å². The minimum absolute atomic E-state index is 0.158. The van der Waals surface area contributed by atoms with Gasteiger partial charge in [-0.2, -0.15) is 0 Å². The van der Waals surface area contributed by atoms with Gasteiger partial charge in [-0.25, -0.2) is 0 Å². The summed E-state index contributed by atoms with van der Waals surface area (Å²) in [5.41, 5.74) is 7.25. The van der Waals surface area contributed by atoms with Crippen LogP contribution in [0.15, 0.2) is 4.99 Å². The molecule has 0 aromatic rings. The average molecular weight is 307 g/mol. The van der Waals surface area contributed by atoms with Crippen molar-refractivity contribution in [2.24, 2.45) is 39.3 Å². The summed E-state index contributed by atoms with van der Waals surface area (Å²) < 4.78 is 0. The fourth-order valence-corrected chi connectivity index (χ4v) is 5.17. The fraction of sp³-hybridized carbons (Fsp3) is 0.950. The fourth-order valence-electron chi connectivity index (χ4n) is 5.17. The van der Waals surface area contributed by atoms with E-state index in [0.29, 0.717) is 22.8 Å². The third-order valence-corrected chi connectivity index (χ3v) is 6.85. The summed E-state index contributed by atoms with van der Waals surface area (Å²) in [4.78, 5) is 4.92. The molecule has 128 valence electrons. The molecule has 0 aromatic heterocycles. The summed E-state index contributed by atoms with van der Waals surface area (Å²) in [5, 5.41) is 0. The molecule has 2 fully saturated rings. The summed E-state index contributed by atoms with van der Waals surface area (Å²) in [6.07, 6.45) is 9.91. The zero-order valence-corrected chi connectivity index (χ0v) is 15.7. The lowest BCUT2D eigenvalue weighted by atomic mass is 9.50. The molecule has 2 N–H and O–H groups in total. The first-order valence-electron chi connectivity index (χ1n) is 9.52. The van der Waals surface area contributed by atoms with Gasteiger partial charge in [0.05, 0.1) is 6.04 Å². The number of rotatable bonds is 7. The van der Waals surface area contributed by atoms with E-state index in [0.717, 1.165) is 11.8 Å². The number of nitrogens with two attached hydrogens (primary N) is 1. The van der Waals surface area contributed by atoms with Crippen LogP contribution in [0.25, 0.3) is 0 Å². The molecule has 2 nitrogen and oxygen atoms in total. The van der Waals surface area contributed by atoms with Crippen molar-refractivity contribution in [3.63, 3.8) is 0 Å². The van der Waals surface area contributed by atoms with Gasteiger partial charge in [0.15, 0.2) is 0 Å². The minimum Gasteiger partial charge on any atom is -0.323 e. The molecule has 5 atom stereocenters. The Morgan fingerprint density at radius 3 is 2.32 bits per heavy atom. The van der Waals surface area contributed by atoms with Crippen LogP contribution in [0.1, 0.15) is 80.1 Å². The molecule has 5 unspecified atom stereocenters. The highest BCUT2D eigenvalue weighted by atomic mass is 14.9. The predicted octanol–water partition coefficient (Wildman–Crippen LogP) is 5.06. The lowest BCUT2D eigenvalue weighted by molar-refractivity contribution is -0.0511. The zero-order valence-electron chi connectivity index (χ0n) is 15.7. The van der Waals surface area contributed by atoms with Crippen LogP contribution in [0.4, 0.5) is 0 Å². The lowest BCUT2D eigenvalue weighted by Crippen LogP contribution is -2.51. The molecule has 0 aromatic carbocycles. The minimum atomic E-state index is 0.158. The van der Waals surface area contributed by atoms with Crippen LogP contribution >= 0.6 is 0 Å². The van der Waals surface area contributed by atoms with Crippen LogP contribution in [0.5, 0.6) is 0 Å². The number of aliphatic imine (C=N–C) groups is 1. The SMILES string of the molecule is CCCC1C(CC)CC1(C)C(C)/N=C\C(N)C1CC(C)(C)C1. The lowest BCUT2D eigenvalue weighted by Gasteiger charge is -2.56. The molecular formula is C20H38N2. The van der Waals surface area contributed by atoms with Crippen molar-refractivity contribution >= 4 is 6.21 Å². The van der Waals surface area contributed by atoms with Gasteiger partial charge in [0.25, 0.3) is 0 Å². The van der Waals surface area contributed by atoms with Gasteiger partial charge in [0.1, 0.15) is 0 Å². The second-order valence-electron chi connectivity index (χ2n) is 9.16. The highest BCUT2D eigenvalue weighted by Crippen LogP contribution is 2.57. The normalized spacial score (nSPS) is 37.6. The molecule has 0 heterocycles. The monoisotopic (exact) mass is 306 g/mol. The summed E-state index contributed by atoms with van der Waals surface area (Å²) in [6.45, 7) is 14.1. The van der Waals surface area contributed by atoms with Crippen LogP contribution in [-0.2, 0) is 0 Å². The van der Waals surface area contributed by atoms with E-state index >= 15 is 0 Å². The number of hydrogen-bond acceptors (Lipinski definition) is 2. The van der Waals surface area contributed by atoms with Crippen LogP contribution in [0, 0.1) is 28.6 Å². The second kappa shape index (κ2) is 6.63. The molecule has 0 amide bonds. The van der Waals surface area contributed by atoms with E-state index in [4.69, 9.17) is 10.7 Å². The van der Waals surface area contributed by atoms with Crippen LogP contribution in [0.2, 0.25) is 0 Å². The number of nitrogens with zero attached hydrogens (tertiary/aromatic N) is 1. The maximum absolute atomic E-state index is 6.35. The average Bonchev–Trinajstić information content (AvgIpc) is 2.44. The van der Waals surface area contributed by atoms with E-state index in [9.17, 15) is 0 Å². The van der Waals surface area contributed by atoms with Crippen molar-refractivity contribution in [1.29, 1.82) is 0 Å². The summed E-state index contributed by atoms with van der Waals surface area (Å²) in [5.74, 6) is 2.42. The third kappa shape index (κ3) is 3.42. The van der Waals surface area contributed by atoms with Gasteiger partial charge < -0.3 is 5.73 Å². The van der Waals surface area contributed by atoms with Crippen molar-refractivity contribution < 1.29 is 0 Å². The molecular weight excluding hydrogens is 268 g/mol. The standard InChI is InChI=1S/C20H38N2/c1-7-9-17-15(8-2)12-20(17,6)14(3)22-13-18(21)16-10-19(4,5)11-16/h13-18H,7-12,21H2,1-6H3/b22-13-. The summed E-state index contributed by atoms with van der Waals surface area (Å²) in [7, 11) is 0. The Bertz CT molecular complexity index is 393. The van der Waals surface area contributed by atoms with Gasteiger partial charge in [-0.3, -0.25) is 4.99 Å². The molecule has 0 saturated heterocycles. The van der Waals surface area contributed by atoms with Gasteiger partial charge in [0, 0.05) is 12.3 Å². The van der Waals surface area contributed by atoms with E-state index in [1.165, 1.54) is 38.5 Å². The largest absolute Gasteiger partial charge is 0.323 e. The van der Waals surface area contributed by atoms with Gasteiger partial charge >= 0.3 is 0 Å². The summed E-state index contributed by atoms with van der Waals surface area (Å²) >= 11 is 0. The van der Waals surface area contributed by atoms with Gasteiger partial charge in [-0.1, -0.05) is 47.5 Å². The van der Waals surface area contributed by atoms with E-state index < -0.39 is 0 Å². The highest BCUT2D eigenvalue weighted by Gasteiger charge is 2.51. The molecule has 0 radical (unpaired) electrons. The van der Waals surface area contributed by atoms with E-state index in [-0.39, 0.29) is 6.04 Å². The van der Waals surface area contributed by atoms with Crippen molar-refractivity contribution in [3.05, 3.63) is 0 Å². The Morgan fingerprint density at radius 1 is 1.18 bits per heavy atom. The third-order valence-electron chi connectivity index (χ3n) is 6.85. The second-order valence-corrected chi connectivity index (χ2v) is 9.16. The van der Waals surface area contributed by atoms with Crippen molar-refractivity contribution in [2.75, 3.05) is 0 Å². The quantitative estimate of drug-likeness (QED) is 0.656. The van der Waals surface area contributed by atoms with Crippen LogP contribution < -0.4 is 5.73 Å². The highest BCUT2D eigenvalue weighted by molar-refractivity contribution is 5.65. The van der Waals surface area contributed by atoms with Crippen LogP contribution in [0.3, 0.4) is 0 Å². The Kier molecular flexibility index (Phi) is 5.42. The van der Waals surface area contributed by atoms with Crippen molar-refractivity contribution in [1.82, 2.24) is 0 Å². The van der Waals surface area contributed by atoms with Crippen molar-refractivity contribution in [2.45, 2.75) is 92.2 Å². The van der Waals surface area contributed by atoms with E-state index in [2.05, 4.69) is 47.8 Å². The molecule has 0 aliphatic heterocycles. The molecule has 2 aliphatic rings. The predicted molar refractivity (Wildman–Crippen MR) is 97.3 cm³/mol. The smallest absolute Gasteiger partial charge is 0.0524 e. The topological polar surface area (TPSA) is 38.4 Å². The maximum Gasteiger partial charge on any atom is 0.0524 e. The van der Waals surface area contributed by atoms with Crippen LogP contribution in [-0.4, -0.2) is 18.3 Å². The van der Waals surface area contributed by atoms with Crippen molar-refractivity contribution in [3.8, 4) is 0 Å². The Hall–Kier alpha value is -0.370. The molecule has 2 rings (SSSR count). The molecule has 2 saturated carbocycles. The first-order valence-corrected chi connectivity index (χ1v) is 9.52. The Labute approximate surface area is 138 Å². The molecule has 2 heteroatoms. The molecule has 0 spiro atoms. The molecule has 22 heavy (non-hydrogen) atoms. The van der Waals surface area contributed by atoms with E-state index in [1.807, 2.05) is 0 Å². The maximum atomic E-state index is 6.35.